The van der Waals surface area contributed by atoms with Crippen molar-refractivity contribution < 1.29 is 9.13 Å². The van der Waals surface area contributed by atoms with Gasteiger partial charge in [0.05, 0.1) is 0 Å². The fourth-order valence-corrected chi connectivity index (χ4v) is 3.03. The zero-order chi connectivity index (χ0) is 16.9. The molecule has 0 amide bonds. The van der Waals surface area contributed by atoms with Crippen LogP contribution in [0.1, 0.15) is 23.6 Å². The molecule has 0 aliphatic heterocycles. The highest BCUT2D eigenvalue weighted by molar-refractivity contribution is 7.99. The van der Waals surface area contributed by atoms with Crippen LogP contribution in [0.5, 0.6) is 5.75 Å². The largest absolute Gasteiger partial charge is 0.486 e. The van der Waals surface area contributed by atoms with Crippen molar-refractivity contribution >= 4 is 11.8 Å². The van der Waals surface area contributed by atoms with E-state index in [1.807, 2.05) is 18.2 Å². The molecule has 1 unspecified atom stereocenters. The van der Waals surface area contributed by atoms with Crippen molar-refractivity contribution in [2.24, 2.45) is 0 Å². The first-order chi connectivity index (χ1) is 11.6. The number of aromatic nitrogens is 3. The molecule has 124 valence electrons. The number of nitrogens with zero attached hydrogens (tertiary/aromatic N) is 3. The molecule has 2 aromatic carbocycles. The van der Waals surface area contributed by atoms with Crippen LogP contribution < -0.4 is 10.6 Å². The molecular formula is C17H17FN4OS. The number of nitrogen functional groups attached to an aromatic ring is 1. The lowest BCUT2D eigenvalue weighted by molar-refractivity contribution is 0.291. The van der Waals surface area contributed by atoms with Crippen LogP contribution in [0.4, 0.5) is 4.39 Å². The van der Waals surface area contributed by atoms with Gasteiger partial charge in [0.2, 0.25) is 5.16 Å². The van der Waals surface area contributed by atoms with Crippen LogP contribution in [-0.4, -0.2) is 14.9 Å². The summed E-state index contributed by atoms with van der Waals surface area (Å²) in [5, 5.41) is 8.99. The van der Waals surface area contributed by atoms with Gasteiger partial charge in [-0.2, -0.15) is 0 Å². The van der Waals surface area contributed by atoms with E-state index in [9.17, 15) is 4.39 Å². The Morgan fingerprint density at radius 1 is 1.12 bits per heavy atom. The Balaban J connectivity index is 1.64. The van der Waals surface area contributed by atoms with Gasteiger partial charge in [-0.3, -0.25) is 0 Å². The number of ether oxygens (including phenoxy) is 1. The van der Waals surface area contributed by atoms with Gasteiger partial charge in [0, 0.05) is 5.25 Å². The Morgan fingerprint density at radius 2 is 1.83 bits per heavy atom. The molecule has 1 atom stereocenters. The predicted octanol–water partition coefficient (Wildman–Crippen LogP) is 3.56. The quantitative estimate of drug-likeness (QED) is 0.547. The van der Waals surface area contributed by atoms with E-state index < -0.39 is 0 Å². The molecule has 0 radical (unpaired) electrons. The van der Waals surface area contributed by atoms with E-state index in [0.29, 0.717) is 16.7 Å². The van der Waals surface area contributed by atoms with Crippen LogP contribution in [0.25, 0.3) is 0 Å². The number of hydrogen-bond acceptors (Lipinski definition) is 5. The number of nitrogens with two attached hydrogens (primary N) is 1. The summed E-state index contributed by atoms with van der Waals surface area (Å²) in [5.74, 6) is 6.79. The summed E-state index contributed by atoms with van der Waals surface area (Å²) in [4.78, 5) is 0. The summed E-state index contributed by atoms with van der Waals surface area (Å²) < 4.78 is 19.8. The van der Waals surface area contributed by atoms with Gasteiger partial charge in [-0.15, -0.1) is 10.2 Å². The van der Waals surface area contributed by atoms with E-state index >= 15 is 0 Å². The highest BCUT2D eigenvalue weighted by Gasteiger charge is 2.15. The minimum Gasteiger partial charge on any atom is -0.486 e. The van der Waals surface area contributed by atoms with Gasteiger partial charge >= 0.3 is 0 Å². The molecule has 0 spiro atoms. The van der Waals surface area contributed by atoms with Crippen molar-refractivity contribution in [1.29, 1.82) is 0 Å². The van der Waals surface area contributed by atoms with Crippen molar-refractivity contribution in [1.82, 2.24) is 14.9 Å². The normalized spacial score (nSPS) is 12.1. The molecule has 0 saturated carbocycles. The summed E-state index contributed by atoms with van der Waals surface area (Å²) in [6.45, 7) is 2.25. The monoisotopic (exact) mass is 344 g/mol. The van der Waals surface area contributed by atoms with Crippen LogP contribution in [0.3, 0.4) is 0 Å². The SMILES string of the molecule is CC(Sc1nnc(COc2ccc(F)cc2)n1N)c1ccccc1. The zero-order valence-electron chi connectivity index (χ0n) is 13.1. The van der Waals surface area contributed by atoms with Crippen LogP contribution in [0.2, 0.25) is 0 Å². The van der Waals surface area contributed by atoms with Gasteiger partial charge in [-0.25, -0.2) is 9.07 Å². The number of thioether (sulfide) groups is 1. The highest BCUT2D eigenvalue weighted by atomic mass is 32.2. The molecular weight excluding hydrogens is 327 g/mol. The Kier molecular flexibility index (Phi) is 5.00. The first kappa shape index (κ1) is 16.3. The fraction of sp³-hybridized carbons (Fsp3) is 0.176. The van der Waals surface area contributed by atoms with Crippen molar-refractivity contribution in [3.63, 3.8) is 0 Å². The predicted molar refractivity (Wildman–Crippen MR) is 91.6 cm³/mol. The third-order valence-electron chi connectivity index (χ3n) is 3.47. The molecule has 0 bridgehead atoms. The molecule has 1 heterocycles. The lowest BCUT2D eigenvalue weighted by Crippen LogP contribution is -2.16. The standard InChI is InChI=1S/C17H17FN4OS/c1-12(13-5-3-2-4-6-13)24-17-21-20-16(22(17)19)11-23-15-9-7-14(18)8-10-15/h2-10,12H,11,19H2,1H3. The molecule has 1 aromatic heterocycles. The van der Waals surface area contributed by atoms with Gasteiger partial charge in [0.15, 0.2) is 5.82 Å². The van der Waals surface area contributed by atoms with Crippen molar-refractivity contribution in [3.05, 3.63) is 71.8 Å². The van der Waals surface area contributed by atoms with Gasteiger partial charge < -0.3 is 10.6 Å². The van der Waals surface area contributed by atoms with E-state index in [4.69, 9.17) is 10.6 Å². The number of benzene rings is 2. The molecule has 0 aliphatic carbocycles. The minimum absolute atomic E-state index is 0.162. The van der Waals surface area contributed by atoms with E-state index in [1.165, 1.54) is 34.1 Å². The lowest BCUT2D eigenvalue weighted by atomic mass is 10.2. The van der Waals surface area contributed by atoms with Gasteiger partial charge in [-0.05, 0) is 36.8 Å². The Hall–Kier alpha value is -2.54. The molecule has 7 heteroatoms. The average molecular weight is 344 g/mol. The van der Waals surface area contributed by atoms with Crippen LogP contribution in [-0.2, 0) is 6.61 Å². The van der Waals surface area contributed by atoms with Crippen LogP contribution in [0.15, 0.2) is 59.8 Å². The van der Waals surface area contributed by atoms with Gasteiger partial charge in [-0.1, -0.05) is 42.1 Å². The maximum absolute atomic E-state index is 12.9. The first-order valence-corrected chi connectivity index (χ1v) is 8.31. The molecule has 3 aromatic rings. The van der Waals surface area contributed by atoms with Crippen molar-refractivity contribution in [2.75, 3.05) is 5.84 Å². The number of halogens is 1. The maximum atomic E-state index is 12.9. The minimum atomic E-state index is -0.307. The van der Waals surface area contributed by atoms with Crippen LogP contribution in [0, 0.1) is 5.82 Å². The molecule has 0 aliphatic rings. The van der Waals surface area contributed by atoms with E-state index in [-0.39, 0.29) is 17.7 Å². The van der Waals surface area contributed by atoms with E-state index in [2.05, 4.69) is 29.3 Å². The summed E-state index contributed by atoms with van der Waals surface area (Å²) in [6, 6.07) is 15.9. The Morgan fingerprint density at radius 3 is 2.54 bits per heavy atom. The molecule has 24 heavy (non-hydrogen) atoms. The highest BCUT2D eigenvalue weighted by Crippen LogP contribution is 2.33. The topological polar surface area (TPSA) is 66.0 Å². The number of hydrogen-bond donors (Lipinski definition) is 1. The Bertz CT molecular complexity index is 792. The fourth-order valence-electron chi connectivity index (χ4n) is 2.11. The second-order valence-corrected chi connectivity index (χ2v) is 6.49. The molecule has 3 rings (SSSR count). The van der Waals surface area contributed by atoms with Crippen molar-refractivity contribution in [3.8, 4) is 5.75 Å². The second kappa shape index (κ2) is 7.35. The Labute approximate surface area is 143 Å². The van der Waals surface area contributed by atoms with E-state index in [1.54, 1.807) is 12.1 Å². The first-order valence-electron chi connectivity index (χ1n) is 7.43. The third-order valence-corrected chi connectivity index (χ3v) is 4.58. The zero-order valence-corrected chi connectivity index (χ0v) is 13.9. The summed E-state index contributed by atoms with van der Waals surface area (Å²) >= 11 is 1.53. The maximum Gasteiger partial charge on any atom is 0.210 e. The third kappa shape index (κ3) is 3.86. The molecule has 0 saturated heterocycles. The molecule has 2 N–H and O–H groups in total. The van der Waals surface area contributed by atoms with Gasteiger partial charge in [0.1, 0.15) is 18.2 Å². The second-order valence-electron chi connectivity index (χ2n) is 5.18. The summed E-state index contributed by atoms with van der Waals surface area (Å²) in [6.07, 6.45) is 0. The smallest absolute Gasteiger partial charge is 0.210 e. The van der Waals surface area contributed by atoms with Crippen LogP contribution >= 0.6 is 11.8 Å². The summed E-state index contributed by atoms with van der Waals surface area (Å²) in [5.41, 5.74) is 1.19. The average Bonchev–Trinajstić information content (AvgIpc) is 2.95. The molecule has 0 fully saturated rings. The molecule has 5 nitrogen and oxygen atoms in total. The number of rotatable bonds is 6. The summed E-state index contributed by atoms with van der Waals surface area (Å²) in [7, 11) is 0. The lowest BCUT2D eigenvalue weighted by Gasteiger charge is -2.11. The van der Waals surface area contributed by atoms with Gasteiger partial charge in [0.25, 0.3) is 0 Å². The van der Waals surface area contributed by atoms with E-state index in [0.717, 1.165) is 0 Å². The van der Waals surface area contributed by atoms with Crippen molar-refractivity contribution in [2.45, 2.75) is 23.9 Å².